The van der Waals surface area contributed by atoms with E-state index < -0.39 is 0 Å². The minimum atomic E-state index is -0.132. The Morgan fingerprint density at radius 3 is 2.72 bits per heavy atom. The molecule has 0 aromatic heterocycles. The molecule has 1 aromatic carbocycles. The summed E-state index contributed by atoms with van der Waals surface area (Å²) in [5.74, 6) is 0.497. The summed E-state index contributed by atoms with van der Waals surface area (Å²) in [7, 11) is 0. The van der Waals surface area contributed by atoms with Gasteiger partial charge in [0.1, 0.15) is 0 Å². The Hall–Kier alpha value is -0.860. The van der Waals surface area contributed by atoms with Crippen LogP contribution in [0.5, 0.6) is 0 Å². The van der Waals surface area contributed by atoms with Crippen molar-refractivity contribution < 1.29 is 5.11 Å². The lowest BCUT2D eigenvalue weighted by Gasteiger charge is -2.27. The summed E-state index contributed by atoms with van der Waals surface area (Å²) in [6.45, 7) is 6.41. The molecule has 0 bridgehead atoms. The van der Waals surface area contributed by atoms with Gasteiger partial charge in [0, 0.05) is 0 Å². The van der Waals surface area contributed by atoms with E-state index in [0.29, 0.717) is 5.92 Å². The fourth-order valence-corrected chi connectivity index (χ4v) is 2.84. The topological polar surface area (TPSA) is 32.3 Å². The van der Waals surface area contributed by atoms with Crippen molar-refractivity contribution in [2.75, 3.05) is 13.1 Å². The van der Waals surface area contributed by atoms with Crippen molar-refractivity contribution >= 4 is 0 Å². The second kappa shape index (κ2) is 6.35. The Morgan fingerprint density at radius 2 is 2.00 bits per heavy atom. The van der Waals surface area contributed by atoms with Crippen molar-refractivity contribution in [1.29, 1.82) is 0 Å². The molecule has 0 aliphatic carbocycles. The molecule has 100 valence electrons. The van der Waals surface area contributed by atoms with E-state index in [9.17, 15) is 5.11 Å². The van der Waals surface area contributed by atoms with Gasteiger partial charge in [-0.05, 0) is 69.7 Å². The zero-order chi connectivity index (χ0) is 13.0. The number of benzene rings is 1. The lowest BCUT2D eigenvalue weighted by atomic mass is 9.88. The highest BCUT2D eigenvalue weighted by Crippen LogP contribution is 2.21. The van der Waals surface area contributed by atoms with Crippen LogP contribution in [-0.2, 0) is 6.42 Å². The predicted octanol–water partition coefficient (Wildman–Crippen LogP) is 2.60. The van der Waals surface area contributed by atoms with Crippen molar-refractivity contribution in [2.45, 2.75) is 45.6 Å². The van der Waals surface area contributed by atoms with Crippen LogP contribution in [0.2, 0.25) is 0 Å². The van der Waals surface area contributed by atoms with Crippen molar-refractivity contribution in [2.24, 2.45) is 5.92 Å². The van der Waals surface area contributed by atoms with Crippen molar-refractivity contribution in [3.63, 3.8) is 0 Å². The van der Waals surface area contributed by atoms with Gasteiger partial charge in [-0.25, -0.2) is 0 Å². The molecule has 0 amide bonds. The van der Waals surface area contributed by atoms with E-state index in [-0.39, 0.29) is 6.10 Å². The van der Waals surface area contributed by atoms with Crippen LogP contribution in [0, 0.1) is 19.8 Å². The molecule has 1 heterocycles. The molecule has 0 radical (unpaired) electrons. The minimum absolute atomic E-state index is 0.132. The Balaban J connectivity index is 1.88. The van der Waals surface area contributed by atoms with Gasteiger partial charge in [-0.3, -0.25) is 0 Å². The molecule has 1 aliphatic heterocycles. The van der Waals surface area contributed by atoms with E-state index in [1.807, 2.05) is 0 Å². The van der Waals surface area contributed by atoms with E-state index in [2.05, 4.69) is 37.4 Å². The average Bonchev–Trinajstić information content (AvgIpc) is 2.40. The van der Waals surface area contributed by atoms with Gasteiger partial charge >= 0.3 is 0 Å². The molecular formula is C16H25NO. The minimum Gasteiger partial charge on any atom is -0.393 e. The molecule has 1 unspecified atom stereocenters. The standard InChI is InChI=1S/C16H25NO/c1-12-3-4-13(2)15(11-12)5-6-16(18)14-7-9-17-10-8-14/h3-4,11,14,16-18H,5-10H2,1-2H3. The first-order valence-corrected chi connectivity index (χ1v) is 7.11. The third kappa shape index (κ3) is 3.56. The first kappa shape index (κ1) is 13.6. The van der Waals surface area contributed by atoms with Crippen molar-refractivity contribution in [3.8, 4) is 0 Å². The van der Waals surface area contributed by atoms with Crippen LogP contribution in [0.4, 0.5) is 0 Å². The molecule has 2 rings (SSSR count). The number of aliphatic hydroxyl groups is 1. The summed E-state index contributed by atoms with van der Waals surface area (Å²) >= 11 is 0. The van der Waals surface area contributed by atoms with Gasteiger partial charge < -0.3 is 10.4 Å². The number of aliphatic hydroxyl groups excluding tert-OH is 1. The largest absolute Gasteiger partial charge is 0.393 e. The first-order valence-electron chi connectivity index (χ1n) is 7.11. The average molecular weight is 247 g/mol. The Bertz CT molecular complexity index is 383. The van der Waals surface area contributed by atoms with Crippen molar-refractivity contribution in [3.05, 3.63) is 34.9 Å². The molecule has 2 nitrogen and oxygen atoms in total. The summed E-state index contributed by atoms with van der Waals surface area (Å²) in [4.78, 5) is 0. The van der Waals surface area contributed by atoms with E-state index in [4.69, 9.17) is 0 Å². The van der Waals surface area contributed by atoms with Gasteiger partial charge in [-0.1, -0.05) is 23.8 Å². The van der Waals surface area contributed by atoms with Crippen LogP contribution in [0.3, 0.4) is 0 Å². The van der Waals surface area contributed by atoms with Crippen LogP contribution < -0.4 is 5.32 Å². The zero-order valence-corrected chi connectivity index (χ0v) is 11.6. The fourth-order valence-electron chi connectivity index (χ4n) is 2.84. The summed E-state index contributed by atoms with van der Waals surface area (Å²) in [6, 6.07) is 6.59. The highest BCUT2D eigenvalue weighted by atomic mass is 16.3. The summed E-state index contributed by atoms with van der Waals surface area (Å²) in [6.07, 6.45) is 4.00. The van der Waals surface area contributed by atoms with Gasteiger partial charge in [0.25, 0.3) is 0 Å². The van der Waals surface area contributed by atoms with Crippen LogP contribution in [-0.4, -0.2) is 24.3 Å². The molecule has 1 fully saturated rings. The molecule has 1 aliphatic rings. The molecule has 1 atom stereocenters. The highest BCUT2D eigenvalue weighted by molar-refractivity contribution is 5.30. The molecule has 2 heteroatoms. The van der Waals surface area contributed by atoms with Gasteiger partial charge in [-0.15, -0.1) is 0 Å². The SMILES string of the molecule is Cc1ccc(C)c(CCC(O)C2CCNCC2)c1. The molecule has 0 saturated carbocycles. The third-order valence-electron chi connectivity index (χ3n) is 4.14. The monoisotopic (exact) mass is 247 g/mol. The van der Waals surface area contributed by atoms with Crippen LogP contribution in [0.25, 0.3) is 0 Å². The number of piperidine rings is 1. The maximum atomic E-state index is 10.3. The molecule has 18 heavy (non-hydrogen) atoms. The zero-order valence-electron chi connectivity index (χ0n) is 11.6. The van der Waals surface area contributed by atoms with Crippen LogP contribution in [0.15, 0.2) is 18.2 Å². The quantitative estimate of drug-likeness (QED) is 0.857. The first-order chi connectivity index (χ1) is 8.66. The van der Waals surface area contributed by atoms with Crippen LogP contribution in [0.1, 0.15) is 36.0 Å². The fraction of sp³-hybridized carbons (Fsp3) is 0.625. The maximum Gasteiger partial charge on any atom is 0.0572 e. The Labute approximate surface area is 110 Å². The van der Waals surface area contributed by atoms with E-state index in [0.717, 1.165) is 38.8 Å². The number of hydrogen-bond donors (Lipinski definition) is 2. The Morgan fingerprint density at radius 1 is 1.28 bits per heavy atom. The lowest BCUT2D eigenvalue weighted by molar-refractivity contribution is 0.0813. The van der Waals surface area contributed by atoms with Gasteiger partial charge in [0.05, 0.1) is 6.10 Å². The third-order valence-corrected chi connectivity index (χ3v) is 4.14. The molecule has 0 spiro atoms. The maximum absolute atomic E-state index is 10.3. The van der Waals surface area contributed by atoms with Gasteiger partial charge in [0.2, 0.25) is 0 Å². The van der Waals surface area contributed by atoms with E-state index in [1.54, 1.807) is 0 Å². The van der Waals surface area contributed by atoms with Crippen molar-refractivity contribution in [1.82, 2.24) is 5.32 Å². The second-order valence-corrected chi connectivity index (χ2v) is 5.62. The predicted molar refractivity (Wildman–Crippen MR) is 75.8 cm³/mol. The number of rotatable bonds is 4. The number of aryl methyl sites for hydroxylation is 3. The van der Waals surface area contributed by atoms with Crippen LogP contribution >= 0.6 is 0 Å². The summed E-state index contributed by atoms with van der Waals surface area (Å²) in [5, 5.41) is 13.6. The van der Waals surface area contributed by atoms with Gasteiger partial charge in [-0.2, -0.15) is 0 Å². The van der Waals surface area contributed by atoms with E-state index >= 15 is 0 Å². The molecule has 1 aromatic rings. The highest BCUT2D eigenvalue weighted by Gasteiger charge is 2.21. The van der Waals surface area contributed by atoms with Gasteiger partial charge in [0.15, 0.2) is 0 Å². The molecule has 2 N–H and O–H groups in total. The number of nitrogens with one attached hydrogen (secondary N) is 1. The molecular weight excluding hydrogens is 222 g/mol. The second-order valence-electron chi connectivity index (χ2n) is 5.62. The summed E-state index contributed by atoms with van der Waals surface area (Å²) < 4.78 is 0. The normalized spacial score (nSPS) is 18.8. The summed E-state index contributed by atoms with van der Waals surface area (Å²) in [5.41, 5.74) is 4.05. The van der Waals surface area contributed by atoms with E-state index in [1.165, 1.54) is 16.7 Å². The lowest BCUT2D eigenvalue weighted by Crippen LogP contribution is -2.34. The Kier molecular flexibility index (Phi) is 4.79. The smallest absolute Gasteiger partial charge is 0.0572 e. The number of hydrogen-bond acceptors (Lipinski definition) is 2. The molecule has 1 saturated heterocycles.